The topological polar surface area (TPSA) is 48.3 Å². The first kappa shape index (κ1) is 19.0. The molecule has 5 heteroatoms. The zero-order valence-corrected chi connectivity index (χ0v) is 16.5. The minimum absolute atomic E-state index is 0.173. The van der Waals surface area contributed by atoms with E-state index < -0.39 is 5.82 Å². The largest absolute Gasteiger partial charge is 0.489 e. The molecule has 0 radical (unpaired) electrons. The van der Waals surface area contributed by atoms with E-state index in [0.717, 1.165) is 16.5 Å². The van der Waals surface area contributed by atoms with E-state index in [1.807, 2.05) is 35.0 Å². The second-order valence-electron chi connectivity index (χ2n) is 7.34. The van der Waals surface area contributed by atoms with Crippen LogP contribution in [0.3, 0.4) is 0 Å². The summed E-state index contributed by atoms with van der Waals surface area (Å²) >= 11 is 0. The van der Waals surface area contributed by atoms with E-state index in [1.54, 1.807) is 48.5 Å². The Morgan fingerprint density at radius 2 is 1.48 bits per heavy atom. The fraction of sp³-hybridized carbons (Fsp3) is 0.0769. The van der Waals surface area contributed by atoms with E-state index in [9.17, 15) is 14.0 Å². The van der Waals surface area contributed by atoms with Crippen molar-refractivity contribution in [3.63, 3.8) is 0 Å². The number of rotatable bonds is 5. The molecule has 0 atom stereocenters. The summed E-state index contributed by atoms with van der Waals surface area (Å²) in [7, 11) is 0. The molecule has 0 spiro atoms. The van der Waals surface area contributed by atoms with E-state index in [-0.39, 0.29) is 29.5 Å². The highest BCUT2D eigenvalue weighted by atomic mass is 19.1. The third-order valence-electron chi connectivity index (χ3n) is 5.45. The van der Waals surface area contributed by atoms with Gasteiger partial charge in [-0.3, -0.25) is 9.59 Å². The highest BCUT2D eigenvalue weighted by Crippen LogP contribution is 2.30. The zero-order chi connectivity index (χ0) is 21.4. The van der Waals surface area contributed by atoms with Crippen molar-refractivity contribution in [1.82, 2.24) is 4.57 Å². The van der Waals surface area contributed by atoms with Gasteiger partial charge in [0.2, 0.25) is 0 Å². The number of aromatic nitrogens is 1. The van der Waals surface area contributed by atoms with Crippen LogP contribution in [0.1, 0.15) is 26.3 Å². The second-order valence-corrected chi connectivity index (χ2v) is 7.34. The molecule has 0 aliphatic heterocycles. The molecule has 4 aromatic rings. The fourth-order valence-corrected chi connectivity index (χ4v) is 3.95. The van der Waals surface area contributed by atoms with E-state index >= 15 is 0 Å². The van der Waals surface area contributed by atoms with Crippen LogP contribution in [0.5, 0.6) is 5.75 Å². The number of carbonyl (C=O) groups is 2. The number of benzene rings is 3. The standard InChI is InChI=1S/C26H18FNO3/c27-22-10-4-6-12-24(22)31-14-13-28-16-17(18-7-3-5-11-23(18)28)15-21-25(29)19-8-1-2-9-20(19)26(21)30/h1-12,15-16H,13-14H2. The van der Waals surface area contributed by atoms with Gasteiger partial charge in [-0.1, -0.05) is 54.6 Å². The number of hydrogen-bond donors (Lipinski definition) is 0. The van der Waals surface area contributed by atoms with Crippen molar-refractivity contribution in [2.45, 2.75) is 6.54 Å². The summed E-state index contributed by atoms with van der Waals surface area (Å²) in [6.45, 7) is 0.763. The van der Waals surface area contributed by atoms with Gasteiger partial charge in [-0.05, 0) is 24.3 Å². The smallest absolute Gasteiger partial charge is 0.197 e. The highest BCUT2D eigenvalue weighted by Gasteiger charge is 2.32. The van der Waals surface area contributed by atoms with Gasteiger partial charge in [0.15, 0.2) is 23.1 Å². The van der Waals surface area contributed by atoms with E-state index in [0.29, 0.717) is 17.7 Å². The number of nitrogens with zero attached hydrogens (tertiary/aromatic N) is 1. The average molecular weight is 411 g/mol. The van der Waals surface area contributed by atoms with Gasteiger partial charge in [0, 0.05) is 33.8 Å². The average Bonchev–Trinajstić information content (AvgIpc) is 3.26. The van der Waals surface area contributed by atoms with Gasteiger partial charge >= 0.3 is 0 Å². The van der Waals surface area contributed by atoms with Gasteiger partial charge in [0.1, 0.15) is 6.61 Å². The second kappa shape index (κ2) is 7.69. The summed E-state index contributed by atoms with van der Waals surface area (Å²) in [6.07, 6.45) is 3.56. The normalized spacial score (nSPS) is 13.0. The van der Waals surface area contributed by atoms with E-state index in [4.69, 9.17) is 4.74 Å². The quantitative estimate of drug-likeness (QED) is 0.330. The van der Waals surface area contributed by atoms with Crippen molar-refractivity contribution >= 4 is 28.5 Å². The maximum Gasteiger partial charge on any atom is 0.197 e. The first-order chi connectivity index (χ1) is 15.1. The summed E-state index contributed by atoms with van der Waals surface area (Å²) in [5.41, 5.74) is 2.79. The molecule has 0 fully saturated rings. The molecule has 0 amide bonds. The van der Waals surface area contributed by atoms with Crippen molar-refractivity contribution in [3.05, 3.63) is 107 Å². The number of para-hydroxylation sites is 2. The van der Waals surface area contributed by atoms with Crippen LogP contribution >= 0.6 is 0 Å². The molecular weight excluding hydrogens is 393 g/mol. The number of fused-ring (bicyclic) bond motifs is 2. The Morgan fingerprint density at radius 3 is 2.23 bits per heavy atom. The molecule has 152 valence electrons. The third kappa shape index (κ3) is 3.34. The Bertz CT molecular complexity index is 1330. The molecule has 31 heavy (non-hydrogen) atoms. The Balaban J connectivity index is 1.46. The molecule has 5 rings (SSSR count). The van der Waals surface area contributed by atoms with Crippen molar-refractivity contribution in [2.24, 2.45) is 0 Å². The first-order valence-electron chi connectivity index (χ1n) is 9.99. The van der Waals surface area contributed by atoms with Crippen LogP contribution in [-0.2, 0) is 6.54 Å². The number of ketones is 2. The minimum atomic E-state index is -0.400. The van der Waals surface area contributed by atoms with Crippen LogP contribution in [0.15, 0.2) is 84.6 Å². The van der Waals surface area contributed by atoms with Crippen molar-refractivity contribution in [2.75, 3.05) is 6.61 Å². The maximum atomic E-state index is 13.8. The number of allylic oxidation sites excluding steroid dienone is 1. The predicted octanol–water partition coefficient (Wildman–Crippen LogP) is 5.32. The Hall–Kier alpha value is -3.99. The number of ether oxygens (including phenoxy) is 1. The molecule has 1 aliphatic rings. The van der Waals surface area contributed by atoms with Crippen molar-refractivity contribution < 1.29 is 18.7 Å². The van der Waals surface area contributed by atoms with Crippen LogP contribution in [0.4, 0.5) is 4.39 Å². The lowest BCUT2D eigenvalue weighted by Gasteiger charge is -2.08. The Labute approximate surface area is 178 Å². The summed E-state index contributed by atoms with van der Waals surface area (Å²) in [5, 5.41) is 0.928. The first-order valence-corrected chi connectivity index (χ1v) is 9.99. The fourth-order valence-electron chi connectivity index (χ4n) is 3.95. The molecule has 3 aromatic carbocycles. The number of Topliss-reactive ketones (excluding diaryl/α,β-unsaturated/α-hetero) is 2. The van der Waals surface area contributed by atoms with Crippen LogP contribution in [0.25, 0.3) is 17.0 Å². The molecule has 1 heterocycles. The molecule has 0 N–H and O–H groups in total. The van der Waals surface area contributed by atoms with Crippen LogP contribution < -0.4 is 4.74 Å². The molecule has 0 saturated heterocycles. The summed E-state index contributed by atoms with van der Waals surface area (Å²) < 4.78 is 21.4. The summed E-state index contributed by atoms with van der Waals surface area (Å²) in [6, 6.07) is 20.9. The number of hydrogen-bond acceptors (Lipinski definition) is 3. The molecule has 0 unspecified atom stereocenters. The summed E-state index contributed by atoms with van der Waals surface area (Å²) in [4.78, 5) is 25.5. The van der Waals surface area contributed by atoms with Crippen LogP contribution in [0, 0.1) is 5.82 Å². The molecular formula is C26H18FNO3. The van der Waals surface area contributed by atoms with Crippen molar-refractivity contribution in [1.29, 1.82) is 0 Å². The number of halogens is 1. The molecule has 1 aliphatic carbocycles. The minimum Gasteiger partial charge on any atom is -0.489 e. The van der Waals surface area contributed by atoms with Gasteiger partial charge < -0.3 is 9.30 Å². The Morgan fingerprint density at radius 1 is 0.839 bits per heavy atom. The van der Waals surface area contributed by atoms with E-state index in [1.165, 1.54) is 6.07 Å². The van der Waals surface area contributed by atoms with Gasteiger partial charge in [-0.25, -0.2) is 4.39 Å². The van der Waals surface area contributed by atoms with Gasteiger partial charge in [-0.2, -0.15) is 0 Å². The highest BCUT2D eigenvalue weighted by molar-refractivity contribution is 6.41. The SMILES string of the molecule is O=C1C(=Cc2cn(CCOc3ccccc3F)c3ccccc23)C(=O)c2ccccc21. The summed E-state index contributed by atoms with van der Waals surface area (Å²) in [5.74, 6) is -0.690. The molecule has 4 nitrogen and oxygen atoms in total. The lowest BCUT2D eigenvalue weighted by molar-refractivity contribution is 0.0990. The third-order valence-corrected chi connectivity index (χ3v) is 5.45. The van der Waals surface area contributed by atoms with E-state index in [2.05, 4.69) is 0 Å². The van der Waals surface area contributed by atoms with Gasteiger partial charge in [-0.15, -0.1) is 0 Å². The van der Waals surface area contributed by atoms with Crippen LogP contribution in [-0.4, -0.2) is 22.7 Å². The van der Waals surface area contributed by atoms with Gasteiger partial charge in [0.25, 0.3) is 0 Å². The number of carbonyl (C=O) groups excluding carboxylic acids is 2. The maximum absolute atomic E-state index is 13.8. The molecule has 0 saturated carbocycles. The molecule has 1 aromatic heterocycles. The predicted molar refractivity (Wildman–Crippen MR) is 117 cm³/mol. The lowest BCUT2D eigenvalue weighted by Crippen LogP contribution is -2.08. The van der Waals surface area contributed by atoms with Gasteiger partial charge in [0.05, 0.1) is 12.1 Å². The zero-order valence-electron chi connectivity index (χ0n) is 16.5. The van der Waals surface area contributed by atoms with Crippen LogP contribution in [0.2, 0.25) is 0 Å². The Kier molecular flexibility index (Phi) is 4.71. The lowest BCUT2D eigenvalue weighted by atomic mass is 10.1. The molecule has 0 bridgehead atoms. The van der Waals surface area contributed by atoms with Crippen molar-refractivity contribution in [3.8, 4) is 5.75 Å². The monoisotopic (exact) mass is 411 g/mol.